The quantitative estimate of drug-likeness (QED) is 0.151. The second kappa shape index (κ2) is 14.1. The molecule has 13 nitrogen and oxygen atoms in total. The number of aliphatic carboxylic acids is 2. The lowest BCUT2D eigenvalue weighted by atomic mass is 10.1. The lowest BCUT2D eigenvalue weighted by molar-refractivity contribution is -0.142. The first-order valence-electron chi connectivity index (χ1n) is 10.1. The standard InChI is InChI=1S/C19H30N6O7S/c1-10(19(31)32)23-17(29)13(3-4-15(26)27)24-18(30)14(7-11-8-21-9-22-11)25-16(28)12(20)5-6-33-2/h8-10,12-14H,3-7,20H2,1-2H3,(H,21,22)(H,23,29)(H,24,30)(H,25,28)(H,26,27)(H,31,32). The van der Waals surface area contributed by atoms with E-state index in [-0.39, 0.29) is 12.8 Å². The van der Waals surface area contributed by atoms with Crippen molar-refractivity contribution in [3.63, 3.8) is 0 Å². The molecular formula is C19H30N6O7S. The Bertz CT molecular complexity index is 820. The van der Waals surface area contributed by atoms with Crippen molar-refractivity contribution in [3.8, 4) is 0 Å². The van der Waals surface area contributed by atoms with Crippen LogP contribution in [0.15, 0.2) is 12.5 Å². The summed E-state index contributed by atoms with van der Waals surface area (Å²) in [6.45, 7) is 1.23. The number of nitrogens with zero attached hydrogens (tertiary/aromatic N) is 1. The number of carboxylic acid groups (broad SMARTS) is 2. The van der Waals surface area contributed by atoms with Gasteiger partial charge in [0.2, 0.25) is 17.7 Å². The number of rotatable bonds is 15. The molecule has 0 aliphatic carbocycles. The molecule has 0 aromatic carbocycles. The summed E-state index contributed by atoms with van der Waals surface area (Å²) in [5, 5.41) is 25.1. The van der Waals surface area contributed by atoms with Gasteiger partial charge < -0.3 is 36.9 Å². The highest BCUT2D eigenvalue weighted by Crippen LogP contribution is 2.05. The molecule has 4 unspecified atom stereocenters. The first kappa shape index (κ1) is 27.9. The second-order valence-electron chi connectivity index (χ2n) is 7.29. The summed E-state index contributed by atoms with van der Waals surface area (Å²) in [5.74, 6) is -4.03. The zero-order valence-electron chi connectivity index (χ0n) is 18.4. The van der Waals surface area contributed by atoms with Crippen LogP contribution in [0.4, 0.5) is 0 Å². The van der Waals surface area contributed by atoms with E-state index in [0.29, 0.717) is 17.9 Å². The third-order valence-electron chi connectivity index (χ3n) is 4.59. The van der Waals surface area contributed by atoms with E-state index >= 15 is 0 Å². The van der Waals surface area contributed by atoms with Crippen LogP contribution >= 0.6 is 11.8 Å². The maximum absolute atomic E-state index is 13.0. The number of H-pyrrole nitrogens is 1. The molecule has 1 aromatic rings. The van der Waals surface area contributed by atoms with Crippen LogP contribution in [0.3, 0.4) is 0 Å². The zero-order chi connectivity index (χ0) is 25.0. The van der Waals surface area contributed by atoms with Crippen molar-refractivity contribution in [2.24, 2.45) is 5.73 Å². The number of amides is 3. The predicted molar refractivity (Wildman–Crippen MR) is 119 cm³/mol. The Morgan fingerprint density at radius 2 is 1.70 bits per heavy atom. The predicted octanol–water partition coefficient (Wildman–Crippen LogP) is -1.54. The number of carbonyl (C=O) groups is 5. The molecule has 0 spiro atoms. The third kappa shape index (κ3) is 10.4. The molecule has 184 valence electrons. The van der Waals surface area contributed by atoms with E-state index < -0.39 is 60.2 Å². The number of hydrogen-bond acceptors (Lipinski definition) is 8. The molecular weight excluding hydrogens is 456 g/mol. The first-order valence-corrected chi connectivity index (χ1v) is 11.5. The van der Waals surface area contributed by atoms with Gasteiger partial charge >= 0.3 is 11.9 Å². The second-order valence-corrected chi connectivity index (χ2v) is 8.28. The summed E-state index contributed by atoms with van der Waals surface area (Å²) in [6.07, 6.45) is 4.39. The maximum atomic E-state index is 13.0. The van der Waals surface area contributed by atoms with Gasteiger partial charge in [-0.3, -0.25) is 24.0 Å². The summed E-state index contributed by atoms with van der Waals surface area (Å²) in [5.41, 5.74) is 6.40. The number of thioether (sulfide) groups is 1. The smallest absolute Gasteiger partial charge is 0.325 e. The average molecular weight is 487 g/mol. The Morgan fingerprint density at radius 3 is 2.24 bits per heavy atom. The summed E-state index contributed by atoms with van der Waals surface area (Å²) in [4.78, 5) is 66.6. The molecule has 33 heavy (non-hydrogen) atoms. The minimum absolute atomic E-state index is 0.00557. The molecule has 0 radical (unpaired) electrons. The van der Waals surface area contributed by atoms with Crippen molar-refractivity contribution in [2.75, 3.05) is 12.0 Å². The molecule has 1 aromatic heterocycles. The van der Waals surface area contributed by atoms with Crippen LogP contribution < -0.4 is 21.7 Å². The van der Waals surface area contributed by atoms with Crippen LogP contribution in [0.5, 0.6) is 0 Å². The summed E-state index contributed by atoms with van der Waals surface area (Å²) in [6, 6.07) is -4.58. The van der Waals surface area contributed by atoms with Crippen LogP contribution in [-0.4, -0.2) is 86.0 Å². The average Bonchev–Trinajstić information content (AvgIpc) is 3.26. The number of aromatic amines is 1. The number of aromatic nitrogens is 2. The molecule has 0 fully saturated rings. The van der Waals surface area contributed by atoms with Crippen LogP contribution in [0, 0.1) is 0 Å². The Kier molecular flexibility index (Phi) is 11.9. The van der Waals surface area contributed by atoms with Crippen molar-refractivity contribution in [3.05, 3.63) is 18.2 Å². The molecule has 1 heterocycles. The monoisotopic (exact) mass is 486 g/mol. The Morgan fingerprint density at radius 1 is 1.06 bits per heavy atom. The number of carboxylic acids is 2. The van der Waals surface area contributed by atoms with Gasteiger partial charge in [0.1, 0.15) is 18.1 Å². The van der Waals surface area contributed by atoms with Gasteiger partial charge in [0.15, 0.2) is 0 Å². The molecule has 0 aliphatic heterocycles. The SMILES string of the molecule is CSCCC(N)C(=O)NC(Cc1cnc[nH]1)C(=O)NC(CCC(=O)O)C(=O)NC(C)C(=O)O. The Labute approximate surface area is 194 Å². The van der Waals surface area contributed by atoms with Crippen molar-refractivity contribution >= 4 is 41.4 Å². The van der Waals surface area contributed by atoms with Gasteiger partial charge in [0.05, 0.1) is 12.4 Å². The molecule has 1 rings (SSSR count). The van der Waals surface area contributed by atoms with E-state index in [1.165, 1.54) is 31.2 Å². The number of hydrogen-bond donors (Lipinski definition) is 7. The van der Waals surface area contributed by atoms with Gasteiger partial charge in [-0.15, -0.1) is 0 Å². The molecule has 14 heteroatoms. The van der Waals surface area contributed by atoms with Gasteiger partial charge in [-0.25, -0.2) is 4.98 Å². The molecule has 0 saturated carbocycles. The van der Waals surface area contributed by atoms with Crippen molar-refractivity contribution < 1.29 is 34.2 Å². The van der Waals surface area contributed by atoms with Gasteiger partial charge in [0.25, 0.3) is 0 Å². The fourth-order valence-corrected chi connectivity index (χ4v) is 3.15. The minimum atomic E-state index is -1.33. The van der Waals surface area contributed by atoms with E-state index in [2.05, 4.69) is 25.9 Å². The summed E-state index contributed by atoms with van der Waals surface area (Å²) >= 11 is 1.52. The van der Waals surface area contributed by atoms with Gasteiger partial charge in [0, 0.05) is 24.7 Å². The van der Waals surface area contributed by atoms with Crippen molar-refractivity contribution in [1.82, 2.24) is 25.9 Å². The normalized spacial score (nSPS) is 14.4. The topological polar surface area (TPSA) is 217 Å². The molecule has 0 aliphatic rings. The molecule has 4 atom stereocenters. The van der Waals surface area contributed by atoms with Gasteiger partial charge in [-0.1, -0.05) is 0 Å². The van der Waals surface area contributed by atoms with Crippen molar-refractivity contribution in [2.45, 2.75) is 56.8 Å². The highest BCUT2D eigenvalue weighted by atomic mass is 32.2. The zero-order valence-corrected chi connectivity index (χ0v) is 19.2. The third-order valence-corrected chi connectivity index (χ3v) is 5.23. The van der Waals surface area contributed by atoms with Crippen LogP contribution in [0.1, 0.15) is 31.9 Å². The highest BCUT2D eigenvalue weighted by molar-refractivity contribution is 7.98. The molecule has 0 bridgehead atoms. The van der Waals surface area contributed by atoms with E-state index in [1.54, 1.807) is 0 Å². The summed E-state index contributed by atoms with van der Waals surface area (Å²) in [7, 11) is 0. The number of nitrogens with one attached hydrogen (secondary N) is 4. The Hall–Kier alpha value is -3.13. The van der Waals surface area contributed by atoms with Crippen LogP contribution in [0.2, 0.25) is 0 Å². The maximum Gasteiger partial charge on any atom is 0.325 e. The number of nitrogens with two attached hydrogens (primary N) is 1. The van der Waals surface area contributed by atoms with E-state index in [1.807, 2.05) is 6.26 Å². The fraction of sp³-hybridized carbons (Fsp3) is 0.579. The molecule has 0 saturated heterocycles. The van der Waals surface area contributed by atoms with Gasteiger partial charge in [-0.2, -0.15) is 11.8 Å². The van der Waals surface area contributed by atoms with E-state index in [9.17, 15) is 24.0 Å². The first-order chi connectivity index (χ1) is 15.5. The van der Waals surface area contributed by atoms with E-state index in [4.69, 9.17) is 15.9 Å². The Balaban J connectivity index is 2.99. The van der Waals surface area contributed by atoms with Crippen molar-refractivity contribution in [1.29, 1.82) is 0 Å². The van der Waals surface area contributed by atoms with Gasteiger partial charge in [-0.05, 0) is 31.8 Å². The lowest BCUT2D eigenvalue weighted by Crippen LogP contribution is -2.57. The van der Waals surface area contributed by atoms with E-state index in [0.717, 1.165) is 0 Å². The van der Waals surface area contributed by atoms with Crippen LogP contribution in [0.25, 0.3) is 0 Å². The van der Waals surface area contributed by atoms with Crippen LogP contribution in [-0.2, 0) is 30.4 Å². The number of imidazole rings is 1. The fourth-order valence-electron chi connectivity index (χ4n) is 2.66. The molecule has 3 amide bonds. The lowest BCUT2D eigenvalue weighted by Gasteiger charge is -2.24. The minimum Gasteiger partial charge on any atom is -0.481 e. The summed E-state index contributed by atoms with van der Waals surface area (Å²) < 4.78 is 0. The largest absolute Gasteiger partial charge is 0.481 e. The number of carbonyl (C=O) groups excluding carboxylic acids is 3. The molecule has 8 N–H and O–H groups in total. The highest BCUT2D eigenvalue weighted by Gasteiger charge is 2.30.